The second kappa shape index (κ2) is 6.02. The third-order valence-corrected chi connectivity index (χ3v) is 3.37. The average molecular weight is 251 g/mol. The maximum Gasteiger partial charge on any atom is 0.421 e. The topological polar surface area (TPSA) is 96.5 Å². The van der Waals surface area contributed by atoms with Crippen LogP contribution in [0.2, 0.25) is 0 Å². The average Bonchev–Trinajstić information content (AvgIpc) is 2.69. The molecular formula is C8H17N3O4S. The molecule has 1 rings (SSSR count). The molecule has 1 aliphatic rings. The Balaban J connectivity index is 2.22. The molecular weight excluding hydrogens is 234 g/mol. The largest absolute Gasteiger partial charge is 0.452 e. The van der Waals surface area contributed by atoms with Gasteiger partial charge in [-0.1, -0.05) is 0 Å². The number of carbonyl (C=O) groups is 1. The van der Waals surface area contributed by atoms with E-state index >= 15 is 0 Å². The van der Waals surface area contributed by atoms with E-state index in [0.717, 1.165) is 26.5 Å². The quantitative estimate of drug-likeness (QED) is 0.601. The van der Waals surface area contributed by atoms with Gasteiger partial charge in [0.05, 0.1) is 7.11 Å². The van der Waals surface area contributed by atoms with E-state index in [0.29, 0.717) is 19.0 Å². The van der Waals surface area contributed by atoms with E-state index in [4.69, 9.17) is 0 Å². The third-order valence-electron chi connectivity index (χ3n) is 2.35. The standard InChI is InChI=1S/C8H17N3O4S/c1-15-8(12)11-16(13,14)10-6-4-7-3-2-5-9-7/h7,9-10H,2-6H2,1H3,(H,11,12)/t7-/m1/s1. The number of ether oxygens (including phenoxy) is 1. The lowest BCUT2D eigenvalue weighted by molar-refractivity contribution is 0.177. The van der Waals surface area contributed by atoms with Crippen LogP contribution in [0.5, 0.6) is 0 Å². The van der Waals surface area contributed by atoms with Crippen LogP contribution in [-0.2, 0) is 14.9 Å². The summed E-state index contributed by atoms with van der Waals surface area (Å²) in [6.45, 7) is 1.28. The molecule has 1 heterocycles. The van der Waals surface area contributed by atoms with Crippen molar-refractivity contribution < 1.29 is 17.9 Å². The van der Waals surface area contributed by atoms with Gasteiger partial charge in [-0.2, -0.15) is 13.1 Å². The number of rotatable bonds is 5. The van der Waals surface area contributed by atoms with E-state index in [1.165, 1.54) is 0 Å². The van der Waals surface area contributed by atoms with Crippen molar-refractivity contribution in [1.82, 2.24) is 14.8 Å². The zero-order valence-electron chi connectivity index (χ0n) is 9.15. The first-order chi connectivity index (χ1) is 7.53. The molecule has 0 unspecified atom stereocenters. The Bertz CT molecular complexity index is 324. The molecule has 1 fully saturated rings. The lowest BCUT2D eigenvalue weighted by Gasteiger charge is -2.11. The van der Waals surface area contributed by atoms with Crippen LogP contribution in [0.3, 0.4) is 0 Å². The van der Waals surface area contributed by atoms with Crippen molar-refractivity contribution in [3.8, 4) is 0 Å². The van der Waals surface area contributed by atoms with E-state index in [1.807, 2.05) is 0 Å². The van der Waals surface area contributed by atoms with Gasteiger partial charge in [0.15, 0.2) is 0 Å². The molecule has 1 atom stereocenters. The number of hydrogen-bond acceptors (Lipinski definition) is 5. The first kappa shape index (κ1) is 13.2. The van der Waals surface area contributed by atoms with Crippen LogP contribution in [0.25, 0.3) is 0 Å². The summed E-state index contributed by atoms with van der Waals surface area (Å²) < 4.78 is 30.6. The summed E-state index contributed by atoms with van der Waals surface area (Å²) >= 11 is 0. The van der Waals surface area contributed by atoms with E-state index in [-0.39, 0.29) is 0 Å². The normalized spacial score (nSPS) is 20.7. The molecule has 0 aromatic heterocycles. The Morgan fingerprint density at radius 1 is 1.56 bits per heavy atom. The summed E-state index contributed by atoms with van der Waals surface area (Å²) in [6.07, 6.45) is 1.90. The Hall–Kier alpha value is -0.860. The van der Waals surface area contributed by atoms with Gasteiger partial charge in [-0.25, -0.2) is 9.52 Å². The lowest BCUT2D eigenvalue weighted by atomic mass is 10.2. The highest BCUT2D eigenvalue weighted by atomic mass is 32.2. The Morgan fingerprint density at radius 3 is 2.88 bits per heavy atom. The highest BCUT2D eigenvalue weighted by molar-refractivity contribution is 7.88. The summed E-state index contributed by atoms with van der Waals surface area (Å²) in [6, 6.07) is 0.362. The summed E-state index contributed by atoms with van der Waals surface area (Å²) in [5.74, 6) is 0. The molecule has 0 spiro atoms. The minimum atomic E-state index is -3.79. The minimum absolute atomic E-state index is 0.296. The summed E-state index contributed by atoms with van der Waals surface area (Å²) in [5.41, 5.74) is 0. The van der Waals surface area contributed by atoms with Crippen LogP contribution in [0.15, 0.2) is 0 Å². The van der Waals surface area contributed by atoms with E-state index < -0.39 is 16.3 Å². The molecule has 1 saturated heterocycles. The molecule has 0 aromatic rings. The van der Waals surface area contributed by atoms with E-state index in [1.54, 1.807) is 4.72 Å². The molecule has 7 nitrogen and oxygen atoms in total. The smallest absolute Gasteiger partial charge is 0.421 e. The highest BCUT2D eigenvalue weighted by Crippen LogP contribution is 2.07. The van der Waals surface area contributed by atoms with Gasteiger partial charge >= 0.3 is 16.3 Å². The van der Waals surface area contributed by atoms with Crippen LogP contribution in [0.4, 0.5) is 4.79 Å². The monoisotopic (exact) mass is 251 g/mol. The van der Waals surface area contributed by atoms with Crippen LogP contribution in [0, 0.1) is 0 Å². The maximum atomic E-state index is 11.2. The van der Waals surface area contributed by atoms with Gasteiger partial charge in [-0.3, -0.25) is 0 Å². The van der Waals surface area contributed by atoms with Crippen LogP contribution >= 0.6 is 0 Å². The Labute approximate surface area is 95.1 Å². The molecule has 0 aliphatic carbocycles. The zero-order valence-corrected chi connectivity index (χ0v) is 9.97. The molecule has 1 aliphatic heterocycles. The molecule has 3 N–H and O–H groups in total. The zero-order chi connectivity index (χ0) is 12.0. The van der Waals surface area contributed by atoms with Gasteiger partial charge in [-0.15, -0.1) is 0 Å². The second-order valence-electron chi connectivity index (χ2n) is 3.57. The molecule has 94 valence electrons. The number of nitrogens with one attached hydrogen (secondary N) is 3. The fourth-order valence-corrected chi connectivity index (χ4v) is 2.32. The molecule has 16 heavy (non-hydrogen) atoms. The maximum absolute atomic E-state index is 11.2. The Kier molecular flexibility index (Phi) is 4.97. The Morgan fingerprint density at radius 2 is 2.31 bits per heavy atom. The number of carbonyl (C=O) groups excluding carboxylic acids is 1. The predicted molar refractivity (Wildman–Crippen MR) is 58.1 cm³/mol. The molecule has 1 amide bonds. The van der Waals surface area contributed by atoms with Crippen molar-refractivity contribution in [3.63, 3.8) is 0 Å². The molecule has 8 heteroatoms. The first-order valence-corrected chi connectivity index (χ1v) is 6.60. The summed E-state index contributed by atoms with van der Waals surface area (Å²) in [7, 11) is -2.68. The van der Waals surface area contributed by atoms with E-state index in [9.17, 15) is 13.2 Å². The molecule has 0 saturated carbocycles. The van der Waals surface area contributed by atoms with Gasteiger partial charge in [0.2, 0.25) is 0 Å². The molecule has 0 bridgehead atoms. The summed E-state index contributed by atoms with van der Waals surface area (Å²) in [5, 5.41) is 3.25. The number of hydrogen-bond donors (Lipinski definition) is 3. The number of amides is 1. The van der Waals surface area contributed by atoms with Crippen molar-refractivity contribution in [2.45, 2.75) is 25.3 Å². The SMILES string of the molecule is COC(=O)NS(=O)(=O)NCC[C@H]1CCCN1. The highest BCUT2D eigenvalue weighted by Gasteiger charge is 2.17. The van der Waals surface area contributed by atoms with Gasteiger partial charge in [0.1, 0.15) is 0 Å². The predicted octanol–water partition coefficient (Wildman–Crippen LogP) is -0.681. The van der Waals surface area contributed by atoms with Gasteiger partial charge in [0.25, 0.3) is 0 Å². The van der Waals surface area contributed by atoms with Crippen molar-refractivity contribution in [2.24, 2.45) is 0 Å². The van der Waals surface area contributed by atoms with Gasteiger partial charge < -0.3 is 10.1 Å². The van der Waals surface area contributed by atoms with Crippen LogP contribution in [-0.4, -0.2) is 40.8 Å². The van der Waals surface area contributed by atoms with Crippen molar-refractivity contribution in [3.05, 3.63) is 0 Å². The fourth-order valence-electron chi connectivity index (χ4n) is 1.56. The summed E-state index contributed by atoms with van der Waals surface area (Å²) in [4.78, 5) is 10.7. The van der Waals surface area contributed by atoms with Crippen molar-refractivity contribution >= 4 is 16.3 Å². The third kappa shape index (κ3) is 4.77. The second-order valence-corrected chi connectivity index (χ2v) is 5.07. The first-order valence-electron chi connectivity index (χ1n) is 5.12. The van der Waals surface area contributed by atoms with Gasteiger partial charge in [-0.05, 0) is 25.8 Å². The van der Waals surface area contributed by atoms with Crippen LogP contribution in [0.1, 0.15) is 19.3 Å². The molecule has 0 radical (unpaired) electrons. The lowest BCUT2D eigenvalue weighted by Crippen LogP contribution is -2.41. The van der Waals surface area contributed by atoms with Gasteiger partial charge in [0, 0.05) is 12.6 Å². The van der Waals surface area contributed by atoms with Crippen LogP contribution < -0.4 is 14.8 Å². The fraction of sp³-hybridized carbons (Fsp3) is 0.875. The minimum Gasteiger partial charge on any atom is -0.452 e. The van der Waals surface area contributed by atoms with E-state index in [2.05, 4.69) is 14.8 Å². The number of methoxy groups -OCH3 is 1. The van der Waals surface area contributed by atoms with Crippen molar-refractivity contribution in [1.29, 1.82) is 0 Å². The van der Waals surface area contributed by atoms with Crippen molar-refractivity contribution in [2.75, 3.05) is 20.2 Å². The molecule has 0 aromatic carbocycles.